The predicted molar refractivity (Wildman–Crippen MR) is 160 cm³/mol. The van der Waals surface area contributed by atoms with Crippen molar-refractivity contribution in [3.05, 3.63) is 47.0 Å². The van der Waals surface area contributed by atoms with Gasteiger partial charge in [0.05, 0.1) is 21.8 Å². The second kappa shape index (κ2) is 11.4. The van der Waals surface area contributed by atoms with Crippen molar-refractivity contribution in [1.82, 2.24) is 24.8 Å². The molecule has 13 heteroatoms. The number of pyridine rings is 1. The number of hydrogen-bond donors (Lipinski definition) is 1. The van der Waals surface area contributed by atoms with E-state index in [9.17, 15) is 13.2 Å². The summed E-state index contributed by atoms with van der Waals surface area (Å²) in [5.74, 6) is 0.583. The van der Waals surface area contributed by atoms with E-state index in [0.29, 0.717) is 29.9 Å². The third-order valence-corrected chi connectivity index (χ3v) is 8.93. The first-order valence-electron chi connectivity index (χ1n) is 14.4. The number of nitrogens with zero attached hydrogens (tertiary/aromatic N) is 6. The lowest BCUT2D eigenvalue weighted by Gasteiger charge is -2.40. The quantitative estimate of drug-likeness (QED) is 0.285. The van der Waals surface area contributed by atoms with E-state index in [2.05, 4.69) is 45.2 Å². The van der Waals surface area contributed by atoms with Crippen molar-refractivity contribution >= 4 is 34.1 Å². The van der Waals surface area contributed by atoms with E-state index >= 15 is 0 Å². The summed E-state index contributed by atoms with van der Waals surface area (Å²) in [4.78, 5) is 20.3. The maximum Gasteiger partial charge on any atom is 0.418 e. The second-order valence-electron chi connectivity index (χ2n) is 11.6. The van der Waals surface area contributed by atoms with Crippen LogP contribution in [0.15, 0.2) is 30.9 Å². The molecular weight excluding hydrogens is 583 g/mol. The average molecular weight is 618 g/mol. The Labute approximate surface area is 253 Å². The highest BCUT2D eigenvalue weighted by molar-refractivity contribution is 6.34. The zero-order chi connectivity index (χ0) is 30.6. The molecule has 3 aliphatic heterocycles. The van der Waals surface area contributed by atoms with Crippen molar-refractivity contribution in [2.75, 3.05) is 50.5 Å². The molecule has 3 aromatic rings. The molecule has 3 aliphatic rings. The zero-order valence-electron chi connectivity index (χ0n) is 24.4. The molecule has 1 aromatic carbocycles. The van der Waals surface area contributed by atoms with Gasteiger partial charge in [-0.3, -0.25) is 4.90 Å². The lowest BCUT2D eigenvalue weighted by molar-refractivity contribution is -0.137. The van der Waals surface area contributed by atoms with Crippen LogP contribution < -0.4 is 15.4 Å². The average Bonchev–Trinajstić information content (AvgIpc) is 3.62. The maximum atomic E-state index is 14.2. The van der Waals surface area contributed by atoms with Gasteiger partial charge in [-0.15, -0.1) is 6.58 Å². The normalized spacial score (nSPS) is 25.0. The number of nitrogen functional groups attached to an aromatic ring is 1. The number of likely N-dealkylation sites (N-methyl/N-ethyl adjacent to an activating group) is 1. The number of halogens is 4. The number of hydrogen-bond acceptors (Lipinski definition) is 9. The molecule has 0 amide bonds. The van der Waals surface area contributed by atoms with Crippen molar-refractivity contribution in [3.63, 3.8) is 0 Å². The van der Waals surface area contributed by atoms with Crippen LogP contribution >= 0.6 is 11.6 Å². The number of likely N-dealkylation sites (tertiary alicyclic amines) is 1. The van der Waals surface area contributed by atoms with Crippen molar-refractivity contribution in [1.29, 1.82) is 0 Å². The van der Waals surface area contributed by atoms with Gasteiger partial charge in [-0.1, -0.05) is 17.7 Å². The number of fused-ring (bicyclic) bond motifs is 1. The number of aromatic nitrogens is 3. The first kappa shape index (κ1) is 29.9. The molecule has 0 spiro atoms. The van der Waals surface area contributed by atoms with Crippen LogP contribution in [0, 0.1) is 6.92 Å². The van der Waals surface area contributed by atoms with Gasteiger partial charge in [0.15, 0.2) is 0 Å². The van der Waals surface area contributed by atoms with Gasteiger partial charge < -0.3 is 25.0 Å². The SMILES string of the molecule is C=C[C@@H]1OC1N1CCN(c2nc(OC[C@@H]3CCCN3C)nc3cc(-c4nc(N)cc(C)c4C(F)(F)F)c(Cl)cc23)[C@@H](C)C1. The summed E-state index contributed by atoms with van der Waals surface area (Å²) in [5.41, 5.74) is 5.13. The molecule has 2 aromatic heterocycles. The molecule has 1 unspecified atom stereocenters. The van der Waals surface area contributed by atoms with Crippen LogP contribution in [-0.4, -0.2) is 89.0 Å². The summed E-state index contributed by atoms with van der Waals surface area (Å²) in [7, 11) is 2.06. The first-order chi connectivity index (χ1) is 20.4. The maximum absolute atomic E-state index is 14.2. The van der Waals surface area contributed by atoms with Crippen LogP contribution in [0.5, 0.6) is 6.01 Å². The Balaban J connectivity index is 1.43. The van der Waals surface area contributed by atoms with E-state index in [4.69, 9.17) is 31.8 Å². The van der Waals surface area contributed by atoms with E-state index in [1.165, 1.54) is 19.1 Å². The molecule has 230 valence electrons. The Hall–Kier alpha value is -3.19. The number of epoxide rings is 1. The molecular formula is C30H35ClF3N7O2. The first-order valence-corrected chi connectivity index (χ1v) is 14.8. The van der Waals surface area contributed by atoms with E-state index in [0.717, 1.165) is 32.5 Å². The number of anilines is 2. The van der Waals surface area contributed by atoms with Gasteiger partial charge in [0.2, 0.25) is 0 Å². The Morgan fingerprint density at radius 1 is 1.19 bits per heavy atom. The Bertz CT molecular complexity index is 1550. The molecule has 0 saturated carbocycles. The predicted octanol–water partition coefficient (Wildman–Crippen LogP) is 5.15. The molecule has 0 bridgehead atoms. The summed E-state index contributed by atoms with van der Waals surface area (Å²) in [6.07, 6.45) is -0.696. The van der Waals surface area contributed by atoms with Crippen LogP contribution in [0.25, 0.3) is 22.2 Å². The van der Waals surface area contributed by atoms with Gasteiger partial charge in [-0.05, 0) is 64.0 Å². The smallest absolute Gasteiger partial charge is 0.418 e. The minimum absolute atomic E-state index is 0.0284. The lowest BCUT2D eigenvalue weighted by Crippen LogP contribution is -2.53. The second-order valence-corrected chi connectivity index (χ2v) is 12.0. The van der Waals surface area contributed by atoms with Crippen molar-refractivity contribution in [2.24, 2.45) is 0 Å². The number of aryl methyl sites for hydroxylation is 1. The minimum atomic E-state index is -4.66. The Kier molecular flexibility index (Phi) is 7.91. The van der Waals surface area contributed by atoms with Crippen LogP contribution in [0.2, 0.25) is 5.02 Å². The molecule has 3 fully saturated rings. The number of ether oxygens (including phenoxy) is 2. The van der Waals surface area contributed by atoms with Gasteiger partial charge >= 0.3 is 12.2 Å². The zero-order valence-corrected chi connectivity index (χ0v) is 25.1. The standard InChI is InChI=1S/C30H35ClF3N7O2/c1-5-23-28(43-23)40-9-10-41(17(3)14-40)27-20-12-21(31)19(26-25(30(32,33)34)16(2)11-24(35)37-26)13-22(20)36-29(38-27)42-15-18-7-6-8-39(18)4/h5,11-13,17-18,23,28H,1,6-10,14-15H2,2-4H3,(H2,35,37)/t17-,18-,23-,28?/m0/s1. The molecule has 2 N–H and O–H groups in total. The molecule has 43 heavy (non-hydrogen) atoms. The van der Waals surface area contributed by atoms with Crippen LogP contribution in [0.4, 0.5) is 24.8 Å². The molecule has 0 aliphatic carbocycles. The van der Waals surface area contributed by atoms with Gasteiger partial charge in [0.1, 0.15) is 30.6 Å². The summed E-state index contributed by atoms with van der Waals surface area (Å²) in [6.45, 7) is 10.8. The summed E-state index contributed by atoms with van der Waals surface area (Å²) in [5, 5.41) is 0.702. The highest BCUT2D eigenvalue weighted by Gasteiger charge is 2.44. The molecule has 5 heterocycles. The fourth-order valence-electron chi connectivity index (χ4n) is 6.30. The largest absolute Gasteiger partial charge is 0.462 e. The fraction of sp³-hybridized carbons (Fsp3) is 0.500. The third kappa shape index (κ3) is 5.85. The lowest BCUT2D eigenvalue weighted by atomic mass is 9.99. The third-order valence-electron chi connectivity index (χ3n) is 8.62. The van der Waals surface area contributed by atoms with Crippen LogP contribution in [-0.2, 0) is 10.9 Å². The highest BCUT2D eigenvalue weighted by atomic mass is 35.5. The molecule has 9 nitrogen and oxygen atoms in total. The number of piperazine rings is 1. The summed E-state index contributed by atoms with van der Waals surface area (Å²) in [6, 6.07) is 4.79. The van der Waals surface area contributed by atoms with Crippen molar-refractivity contribution in [2.45, 2.75) is 57.3 Å². The number of benzene rings is 1. The van der Waals surface area contributed by atoms with E-state index in [-0.39, 0.29) is 58.1 Å². The molecule has 0 radical (unpaired) electrons. The highest BCUT2D eigenvalue weighted by Crippen LogP contribution is 2.43. The van der Waals surface area contributed by atoms with Crippen LogP contribution in [0.3, 0.4) is 0 Å². The Morgan fingerprint density at radius 3 is 2.63 bits per heavy atom. The van der Waals surface area contributed by atoms with Gasteiger partial charge in [-0.2, -0.15) is 23.1 Å². The summed E-state index contributed by atoms with van der Waals surface area (Å²) < 4.78 is 54.5. The minimum Gasteiger partial charge on any atom is -0.462 e. The molecule has 3 saturated heterocycles. The van der Waals surface area contributed by atoms with Gasteiger partial charge in [-0.25, -0.2) is 4.98 Å². The summed E-state index contributed by atoms with van der Waals surface area (Å²) >= 11 is 6.73. The van der Waals surface area contributed by atoms with Crippen LogP contribution in [0.1, 0.15) is 30.9 Å². The number of alkyl halides is 3. The topological polar surface area (TPSA) is 96.2 Å². The number of nitrogens with two attached hydrogens (primary N) is 1. The molecule has 4 atom stereocenters. The van der Waals surface area contributed by atoms with E-state index < -0.39 is 11.7 Å². The monoisotopic (exact) mass is 617 g/mol. The van der Waals surface area contributed by atoms with Gasteiger partial charge in [0, 0.05) is 42.7 Å². The molecule has 6 rings (SSSR count). The van der Waals surface area contributed by atoms with Gasteiger partial charge in [0.25, 0.3) is 0 Å². The van der Waals surface area contributed by atoms with Crippen molar-refractivity contribution in [3.8, 4) is 17.3 Å². The fourth-order valence-corrected chi connectivity index (χ4v) is 6.55. The number of rotatable bonds is 7. The van der Waals surface area contributed by atoms with E-state index in [1.807, 2.05) is 6.08 Å². The van der Waals surface area contributed by atoms with E-state index in [1.54, 1.807) is 6.07 Å². The Morgan fingerprint density at radius 2 is 1.98 bits per heavy atom. The van der Waals surface area contributed by atoms with Crippen molar-refractivity contribution < 1.29 is 22.6 Å².